The molecule has 0 atom stereocenters. The van der Waals surface area contributed by atoms with Crippen molar-refractivity contribution in [3.63, 3.8) is 0 Å². The number of carbonyl (C=O) groups excluding carboxylic acids is 1. The number of aliphatic carboxylic acids is 1. The molecular weight excluding hydrogens is 336 g/mol. The summed E-state index contributed by atoms with van der Waals surface area (Å²) in [6.07, 6.45) is 0.460. The molecular formula is C12H14BrClN2O3. The number of carbonyl (C=O) groups is 2. The van der Waals surface area contributed by atoms with Gasteiger partial charge in [0.2, 0.25) is 0 Å². The highest BCUT2D eigenvalue weighted by Gasteiger charge is 2.10. The van der Waals surface area contributed by atoms with Crippen LogP contribution in [0.3, 0.4) is 0 Å². The molecule has 1 aromatic carbocycles. The minimum absolute atomic E-state index is 0.0434. The first-order valence-corrected chi connectivity index (χ1v) is 6.76. The van der Waals surface area contributed by atoms with Crippen LogP contribution in [-0.2, 0) is 4.79 Å². The summed E-state index contributed by atoms with van der Waals surface area (Å²) >= 11 is 9.18. The number of nitrogens with zero attached hydrogens (tertiary/aromatic N) is 1. The van der Waals surface area contributed by atoms with Crippen LogP contribution >= 0.6 is 27.5 Å². The third kappa shape index (κ3) is 5.48. The minimum Gasteiger partial charge on any atom is -0.481 e. The molecule has 0 spiro atoms. The Morgan fingerprint density at radius 2 is 2.16 bits per heavy atom. The summed E-state index contributed by atoms with van der Waals surface area (Å²) < 4.78 is 0.752. The van der Waals surface area contributed by atoms with E-state index in [0.717, 1.165) is 4.47 Å². The molecule has 0 bridgehead atoms. The average Bonchev–Trinajstić information content (AvgIpc) is 2.33. The van der Waals surface area contributed by atoms with Crippen molar-refractivity contribution >= 4 is 45.2 Å². The maximum absolute atomic E-state index is 11.8. The van der Waals surface area contributed by atoms with Crippen LogP contribution in [0.25, 0.3) is 0 Å². The number of urea groups is 1. The highest BCUT2D eigenvalue weighted by Crippen LogP contribution is 2.25. The Morgan fingerprint density at radius 3 is 2.74 bits per heavy atom. The van der Waals surface area contributed by atoms with Crippen molar-refractivity contribution in [2.45, 2.75) is 12.8 Å². The van der Waals surface area contributed by atoms with Crippen LogP contribution in [0.1, 0.15) is 12.8 Å². The molecule has 0 heterocycles. The molecule has 0 aliphatic rings. The second kappa shape index (κ2) is 7.35. The fourth-order valence-corrected chi connectivity index (χ4v) is 1.79. The Kier molecular flexibility index (Phi) is 6.11. The molecule has 0 aliphatic heterocycles. The van der Waals surface area contributed by atoms with Crippen molar-refractivity contribution in [2.75, 3.05) is 18.9 Å². The zero-order valence-electron chi connectivity index (χ0n) is 10.3. The summed E-state index contributed by atoms with van der Waals surface area (Å²) in [5.74, 6) is -0.867. The monoisotopic (exact) mass is 348 g/mol. The summed E-state index contributed by atoms with van der Waals surface area (Å²) in [6.45, 7) is 0.377. The zero-order chi connectivity index (χ0) is 14.4. The van der Waals surface area contributed by atoms with Gasteiger partial charge in [0.1, 0.15) is 0 Å². The van der Waals surface area contributed by atoms with Crippen molar-refractivity contribution in [3.8, 4) is 0 Å². The molecule has 0 saturated heterocycles. The van der Waals surface area contributed by atoms with Crippen LogP contribution in [0.15, 0.2) is 22.7 Å². The van der Waals surface area contributed by atoms with Gasteiger partial charge in [-0.3, -0.25) is 4.79 Å². The molecule has 0 radical (unpaired) electrons. The fourth-order valence-electron chi connectivity index (χ4n) is 1.36. The lowest BCUT2D eigenvalue weighted by Crippen LogP contribution is -2.32. The molecule has 0 fully saturated rings. The lowest BCUT2D eigenvalue weighted by atomic mass is 10.3. The molecule has 2 amide bonds. The molecule has 19 heavy (non-hydrogen) atoms. The smallest absolute Gasteiger partial charge is 0.321 e. The van der Waals surface area contributed by atoms with Gasteiger partial charge in [-0.1, -0.05) is 11.6 Å². The molecule has 0 aromatic heterocycles. The minimum atomic E-state index is -0.867. The van der Waals surface area contributed by atoms with E-state index in [9.17, 15) is 9.59 Å². The number of carboxylic acid groups (broad SMARTS) is 1. The molecule has 1 rings (SSSR count). The molecule has 104 valence electrons. The Hall–Kier alpha value is -1.27. The maximum atomic E-state index is 11.8. The van der Waals surface area contributed by atoms with Crippen molar-refractivity contribution in [1.29, 1.82) is 0 Å². The van der Waals surface area contributed by atoms with Gasteiger partial charge in [-0.05, 0) is 40.5 Å². The molecule has 2 N–H and O–H groups in total. The molecule has 7 heteroatoms. The first-order valence-electron chi connectivity index (χ1n) is 5.59. The van der Waals surface area contributed by atoms with E-state index in [1.807, 2.05) is 0 Å². The summed E-state index contributed by atoms with van der Waals surface area (Å²) in [5.41, 5.74) is 0.586. The van der Waals surface area contributed by atoms with Gasteiger partial charge in [0.05, 0.1) is 5.02 Å². The molecule has 0 aliphatic carbocycles. The highest BCUT2D eigenvalue weighted by molar-refractivity contribution is 9.10. The Bertz CT molecular complexity index is 482. The quantitative estimate of drug-likeness (QED) is 0.855. The van der Waals surface area contributed by atoms with E-state index in [0.29, 0.717) is 23.7 Å². The van der Waals surface area contributed by atoms with E-state index in [2.05, 4.69) is 21.2 Å². The highest BCUT2D eigenvalue weighted by atomic mass is 79.9. The van der Waals surface area contributed by atoms with Gasteiger partial charge in [-0.15, -0.1) is 0 Å². The predicted octanol–water partition coefficient (Wildman–Crippen LogP) is 3.43. The number of carboxylic acids is 1. The van der Waals surface area contributed by atoms with Gasteiger partial charge >= 0.3 is 12.0 Å². The number of nitrogens with one attached hydrogen (secondary N) is 1. The van der Waals surface area contributed by atoms with Gasteiger partial charge in [-0.25, -0.2) is 4.79 Å². The van der Waals surface area contributed by atoms with E-state index in [1.54, 1.807) is 25.2 Å². The van der Waals surface area contributed by atoms with E-state index in [4.69, 9.17) is 16.7 Å². The first-order chi connectivity index (χ1) is 8.90. The van der Waals surface area contributed by atoms with Crippen LogP contribution in [0.5, 0.6) is 0 Å². The van der Waals surface area contributed by atoms with Gasteiger partial charge in [0, 0.05) is 30.2 Å². The largest absolute Gasteiger partial charge is 0.481 e. The van der Waals surface area contributed by atoms with Crippen molar-refractivity contribution in [3.05, 3.63) is 27.7 Å². The number of hydrogen-bond donors (Lipinski definition) is 2. The van der Waals surface area contributed by atoms with E-state index < -0.39 is 5.97 Å². The Balaban J connectivity index is 2.49. The first kappa shape index (κ1) is 15.8. The number of benzene rings is 1. The third-order valence-electron chi connectivity index (χ3n) is 2.40. The molecule has 0 unspecified atom stereocenters. The van der Waals surface area contributed by atoms with Crippen LogP contribution < -0.4 is 5.32 Å². The topological polar surface area (TPSA) is 69.6 Å². The van der Waals surface area contributed by atoms with Gasteiger partial charge in [0.25, 0.3) is 0 Å². The number of anilines is 1. The summed E-state index contributed by atoms with van der Waals surface area (Å²) in [5, 5.41) is 11.7. The second-order valence-corrected chi connectivity index (χ2v) is 5.24. The lowest BCUT2D eigenvalue weighted by Gasteiger charge is -2.17. The number of halogens is 2. The van der Waals surface area contributed by atoms with Crippen LogP contribution in [0, 0.1) is 0 Å². The van der Waals surface area contributed by atoms with Gasteiger partial charge < -0.3 is 15.3 Å². The average molecular weight is 350 g/mol. The number of rotatable bonds is 5. The van der Waals surface area contributed by atoms with E-state index >= 15 is 0 Å². The summed E-state index contributed by atoms with van der Waals surface area (Å²) in [4.78, 5) is 23.6. The number of hydrogen-bond acceptors (Lipinski definition) is 2. The van der Waals surface area contributed by atoms with Crippen molar-refractivity contribution in [2.24, 2.45) is 0 Å². The SMILES string of the molecule is CN(CCCC(=O)O)C(=O)Nc1ccc(Br)c(Cl)c1. The van der Waals surface area contributed by atoms with Crippen LogP contribution in [-0.4, -0.2) is 35.6 Å². The second-order valence-electron chi connectivity index (χ2n) is 3.98. The third-order valence-corrected chi connectivity index (χ3v) is 3.63. The maximum Gasteiger partial charge on any atom is 0.321 e. The van der Waals surface area contributed by atoms with E-state index in [-0.39, 0.29) is 12.5 Å². The molecule has 5 nitrogen and oxygen atoms in total. The Labute approximate surface area is 124 Å². The molecule has 1 aromatic rings. The summed E-state index contributed by atoms with van der Waals surface area (Å²) in [7, 11) is 1.61. The lowest BCUT2D eigenvalue weighted by molar-refractivity contribution is -0.137. The number of amides is 2. The van der Waals surface area contributed by atoms with Crippen LogP contribution in [0.4, 0.5) is 10.5 Å². The van der Waals surface area contributed by atoms with Crippen molar-refractivity contribution in [1.82, 2.24) is 4.90 Å². The Morgan fingerprint density at radius 1 is 1.47 bits per heavy atom. The van der Waals surface area contributed by atoms with Gasteiger partial charge in [-0.2, -0.15) is 0 Å². The van der Waals surface area contributed by atoms with Crippen molar-refractivity contribution < 1.29 is 14.7 Å². The standard InChI is InChI=1S/C12H14BrClN2O3/c1-16(6-2-3-11(17)18)12(19)15-8-4-5-9(13)10(14)7-8/h4-5,7H,2-3,6H2,1H3,(H,15,19)(H,17,18). The predicted molar refractivity (Wildman–Crippen MR) is 77.7 cm³/mol. The zero-order valence-corrected chi connectivity index (χ0v) is 12.7. The van der Waals surface area contributed by atoms with E-state index in [1.165, 1.54) is 4.90 Å². The fraction of sp³-hybridized carbons (Fsp3) is 0.333. The molecule has 0 saturated carbocycles. The summed E-state index contributed by atoms with van der Waals surface area (Å²) in [6, 6.07) is 4.79. The van der Waals surface area contributed by atoms with Crippen LogP contribution in [0.2, 0.25) is 5.02 Å². The van der Waals surface area contributed by atoms with Gasteiger partial charge in [0.15, 0.2) is 0 Å². The normalized spacial score (nSPS) is 10.1.